The van der Waals surface area contributed by atoms with Crippen LogP contribution in [0.3, 0.4) is 0 Å². The van der Waals surface area contributed by atoms with Crippen LogP contribution in [0.15, 0.2) is 24.3 Å². The van der Waals surface area contributed by atoms with E-state index < -0.39 is 0 Å². The van der Waals surface area contributed by atoms with Gasteiger partial charge in [0, 0.05) is 70.5 Å². The van der Waals surface area contributed by atoms with Crippen molar-refractivity contribution >= 4 is 11.6 Å². The number of piperazine rings is 1. The van der Waals surface area contributed by atoms with Crippen LogP contribution in [-0.4, -0.2) is 85.6 Å². The van der Waals surface area contributed by atoms with Gasteiger partial charge in [-0.05, 0) is 50.4 Å². The minimum absolute atomic E-state index is 0.366. The van der Waals surface area contributed by atoms with E-state index >= 15 is 0 Å². The molecule has 1 aromatic carbocycles. The number of aryl methyl sites for hydroxylation is 1. The molecule has 27 heavy (non-hydrogen) atoms. The molecule has 3 fully saturated rings. The van der Waals surface area contributed by atoms with Crippen LogP contribution in [0.4, 0.5) is 5.69 Å². The summed E-state index contributed by atoms with van der Waals surface area (Å²) in [4.78, 5) is 22.5. The molecule has 3 heterocycles. The molecule has 0 radical (unpaired) electrons. The molecule has 5 nitrogen and oxygen atoms in total. The molecule has 0 aromatic heterocycles. The van der Waals surface area contributed by atoms with Crippen LogP contribution in [0.25, 0.3) is 0 Å². The van der Waals surface area contributed by atoms with Crippen molar-refractivity contribution in [3.8, 4) is 0 Å². The number of rotatable bonds is 4. The smallest absolute Gasteiger partial charge is 0.223 e. The normalized spacial score (nSPS) is 24.7. The summed E-state index contributed by atoms with van der Waals surface area (Å²) in [6.07, 6.45) is 4.39. The van der Waals surface area contributed by atoms with Gasteiger partial charge in [0.25, 0.3) is 0 Å². The minimum atomic E-state index is 0.366. The third-order valence-corrected chi connectivity index (χ3v) is 6.54. The maximum Gasteiger partial charge on any atom is 0.223 e. The molecular formula is C22H34N4O. The zero-order valence-electron chi connectivity index (χ0n) is 16.8. The number of carbonyl (C=O) groups excluding carboxylic acids is 1. The highest BCUT2D eigenvalue weighted by Gasteiger charge is 2.30. The molecule has 0 N–H and O–H groups in total. The van der Waals surface area contributed by atoms with Gasteiger partial charge < -0.3 is 9.80 Å². The lowest BCUT2D eigenvalue weighted by molar-refractivity contribution is -0.131. The maximum absolute atomic E-state index is 12.8. The van der Waals surface area contributed by atoms with Crippen molar-refractivity contribution in [1.29, 1.82) is 0 Å². The Bertz CT molecular complexity index is 641. The average molecular weight is 371 g/mol. The molecule has 1 aromatic rings. The number of hydrogen-bond donors (Lipinski definition) is 0. The second-order valence-electron chi connectivity index (χ2n) is 8.44. The van der Waals surface area contributed by atoms with Crippen LogP contribution in [0.1, 0.15) is 31.2 Å². The first-order valence-electron chi connectivity index (χ1n) is 10.7. The van der Waals surface area contributed by atoms with Crippen molar-refractivity contribution in [3.63, 3.8) is 0 Å². The summed E-state index contributed by atoms with van der Waals surface area (Å²) in [6.45, 7) is 11.6. The van der Waals surface area contributed by atoms with E-state index in [4.69, 9.17) is 0 Å². The topological polar surface area (TPSA) is 30.0 Å². The number of fused-ring (bicyclic) bond motifs is 1. The van der Waals surface area contributed by atoms with Crippen LogP contribution in [-0.2, 0) is 4.79 Å². The van der Waals surface area contributed by atoms with Gasteiger partial charge in [-0.15, -0.1) is 0 Å². The molecule has 3 aliphatic rings. The zero-order valence-corrected chi connectivity index (χ0v) is 16.8. The van der Waals surface area contributed by atoms with Crippen LogP contribution in [0, 0.1) is 6.92 Å². The third kappa shape index (κ3) is 4.64. The Labute approximate surface area is 163 Å². The molecule has 1 amide bonds. The Kier molecular flexibility index (Phi) is 5.98. The first-order chi connectivity index (χ1) is 13.2. The van der Waals surface area contributed by atoms with Gasteiger partial charge in [0.15, 0.2) is 0 Å². The van der Waals surface area contributed by atoms with Gasteiger partial charge >= 0.3 is 0 Å². The summed E-state index contributed by atoms with van der Waals surface area (Å²) in [5.74, 6) is 0.366. The van der Waals surface area contributed by atoms with E-state index in [1.54, 1.807) is 0 Å². The third-order valence-electron chi connectivity index (χ3n) is 6.54. The minimum Gasteiger partial charge on any atom is -0.369 e. The summed E-state index contributed by atoms with van der Waals surface area (Å²) >= 11 is 0. The quantitative estimate of drug-likeness (QED) is 0.813. The van der Waals surface area contributed by atoms with Crippen LogP contribution in [0.2, 0.25) is 0 Å². The summed E-state index contributed by atoms with van der Waals surface area (Å²) in [7, 11) is 0. The maximum atomic E-state index is 12.8. The average Bonchev–Trinajstić information content (AvgIpc) is 3.03. The Morgan fingerprint density at radius 3 is 2.67 bits per heavy atom. The van der Waals surface area contributed by atoms with Gasteiger partial charge in [0.2, 0.25) is 5.91 Å². The molecule has 3 saturated heterocycles. The second kappa shape index (κ2) is 8.61. The number of anilines is 1. The first kappa shape index (κ1) is 18.8. The number of carbonyl (C=O) groups is 1. The van der Waals surface area contributed by atoms with Crippen molar-refractivity contribution < 1.29 is 4.79 Å². The van der Waals surface area contributed by atoms with Gasteiger partial charge in [-0.3, -0.25) is 14.6 Å². The summed E-state index contributed by atoms with van der Waals surface area (Å²) < 4.78 is 0. The van der Waals surface area contributed by atoms with Crippen molar-refractivity contribution in [2.75, 3.05) is 63.8 Å². The molecule has 5 heteroatoms. The van der Waals surface area contributed by atoms with Gasteiger partial charge in [-0.25, -0.2) is 0 Å². The molecule has 148 valence electrons. The van der Waals surface area contributed by atoms with E-state index in [1.165, 1.54) is 37.2 Å². The van der Waals surface area contributed by atoms with Crippen molar-refractivity contribution in [2.45, 2.75) is 38.6 Å². The van der Waals surface area contributed by atoms with E-state index in [0.717, 1.165) is 52.2 Å². The van der Waals surface area contributed by atoms with Gasteiger partial charge in [-0.2, -0.15) is 0 Å². The highest BCUT2D eigenvalue weighted by Crippen LogP contribution is 2.22. The SMILES string of the molecule is Cc1cccc(N2CCN(CCC(=O)N3CCCN4CCC[C@H]4C3)CC2)c1. The van der Waals surface area contributed by atoms with Crippen LogP contribution in [0.5, 0.6) is 0 Å². The molecule has 1 atom stereocenters. The van der Waals surface area contributed by atoms with E-state index in [1.807, 2.05) is 0 Å². The molecule has 0 bridgehead atoms. The molecule has 0 unspecified atom stereocenters. The Morgan fingerprint density at radius 1 is 1.04 bits per heavy atom. The van der Waals surface area contributed by atoms with Crippen molar-refractivity contribution in [2.24, 2.45) is 0 Å². The molecule has 3 aliphatic heterocycles. The lowest BCUT2D eigenvalue weighted by Gasteiger charge is -2.36. The second-order valence-corrected chi connectivity index (χ2v) is 8.44. The van der Waals surface area contributed by atoms with E-state index in [2.05, 4.69) is 50.8 Å². The van der Waals surface area contributed by atoms with Crippen molar-refractivity contribution in [3.05, 3.63) is 29.8 Å². The molecule has 0 aliphatic carbocycles. The van der Waals surface area contributed by atoms with Gasteiger partial charge in [0.05, 0.1) is 0 Å². The van der Waals surface area contributed by atoms with Gasteiger partial charge in [-0.1, -0.05) is 12.1 Å². The molecule has 0 saturated carbocycles. The predicted octanol–water partition coefficient (Wildman–Crippen LogP) is 2.20. The summed E-state index contributed by atoms with van der Waals surface area (Å²) in [6, 6.07) is 9.39. The highest BCUT2D eigenvalue weighted by molar-refractivity contribution is 5.76. The molecular weight excluding hydrogens is 336 g/mol. The standard InChI is InChI=1S/C22H34N4O/c1-19-5-2-6-20(17-19)25-15-13-23(14-16-25)12-8-22(27)26-11-4-10-24-9-3-7-21(24)18-26/h2,5-6,17,21H,3-4,7-16,18H2,1H3/t21-/m0/s1. The number of benzene rings is 1. The summed E-state index contributed by atoms with van der Waals surface area (Å²) in [5, 5.41) is 0. The van der Waals surface area contributed by atoms with E-state index in [9.17, 15) is 4.79 Å². The fourth-order valence-corrected chi connectivity index (χ4v) is 4.90. The molecule has 4 rings (SSSR count). The van der Waals surface area contributed by atoms with Crippen LogP contribution >= 0.6 is 0 Å². The number of amides is 1. The molecule has 0 spiro atoms. The Morgan fingerprint density at radius 2 is 1.85 bits per heavy atom. The number of nitrogens with zero attached hydrogens (tertiary/aromatic N) is 4. The predicted molar refractivity (Wildman–Crippen MR) is 110 cm³/mol. The zero-order chi connectivity index (χ0) is 18.6. The number of hydrogen-bond acceptors (Lipinski definition) is 4. The highest BCUT2D eigenvalue weighted by atomic mass is 16.2. The van der Waals surface area contributed by atoms with E-state index in [0.29, 0.717) is 18.4 Å². The lowest BCUT2D eigenvalue weighted by Crippen LogP contribution is -2.47. The monoisotopic (exact) mass is 370 g/mol. The first-order valence-corrected chi connectivity index (χ1v) is 10.7. The van der Waals surface area contributed by atoms with Crippen LogP contribution < -0.4 is 4.90 Å². The Hall–Kier alpha value is -1.59. The van der Waals surface area contributed by atoms with E-state index in [-0.39, 0.29) is 0 Å². The summed E-state index contributed by atoms with van der Waals surface area (Å²) in [5.41, 5.74) is 2.65. The van der Waals surface area contributed by atoms with Crippen molar-refractivity contribution in [1.82, 2.24) is 14.7 Å². The fraction of sp³-hybridized carbons (Fsp3) is 0.682. The van der Waals surface area contributed by atoms with Gasteiger partial charge in [0.1, 0.15) is 0 Å². The lowest BCUT2D eigenvalue weighted by atomic mass is 10.2. The largest absolute Gasteiger partial charge is 0.369 e. The fourth-order valence-electron chi connectivity index (χ4n) is 4.90. The Balaban J connectivity index is 1.22.